The molecule has 3 aliphatic rings. The summed E-state index contributed by atoms with van der Waals surface area (Å²) in [6.45, 7) is 0.579. The Morgan fingerprint density at radius 2 is 1.28 bits per heavy atom. The number of ether oxygens (including phenoxy) is 1. The number of carbonyl (C=O) groups is 2. The van der Waals surface area contributed by atoms with Crippen LogP contribution in [-0.2, 0) is 27.2 Å². The van der Waals surface area contributed by atoms with Crippen molar-refractivity contribution in [3.05, 3.63) is 107 Å². The maximum absolute atomic E-state index is 13.6. The summed E-state index contributed by atoms with van der Waals surface area (Å²) in [6, 6.07) is 28.8. The average molecular weight is 517 g/mol. The summed E-state index contributed by atoms with van der Waals surface area (Å²) >= 11 is 0. The third kappa shape index (κ3) is 3.27. The van der Waals surface area contributed by atoms with E-state index >= 15 is 0 Å². The van der Waals surface area contributed by atoms with Gasteiger partial charge in [-0.15, -0.1) is 0 Å². The Hall–Kier alpha value is -4.58. The molecule has 1 fully saturated rings. The van der Waals surface area contributed by atoms with Crippen molar-refractivity contribution in [1.82, 2.24) is 0 Å². The molecule has 4 aromatic carbocycles. The quantitative estimate of drug-likeness (QED) is 0.234. The van der Waals surface area contributed by atoms with E-state index in [4.69, 9.17) is 4.74 Å². The zero-order chi connectivity index (χ0) is 26.7. The van der Waals surface area contributed by atoms with Crippen LogP contribution in [0.4, 0.5) is 11.4 Å². The molecule has 0 amide bonds. The Labute approximate surface area is 227 Å². The third-order valence-electron chi connectivity index (χ3n) is 8.55. The Bertz CT molecular complexity index is 1660. The molecule has 2 aliphatic carbocycles. The van der Waals surface area contributed by atoms with Gasteiger partial charge in [-0.2, -0.15) is 0 Å². The van der Waals surface area contributed by atoms with Gasteiger partial charge in [0, 0.05) is 19.4 Å². The molecule has 1 aliphatic heterocycles. The largest absolute Gasteiger partial charge is 0.479 e. The number of carboxylic acid groups (broad SMARTS) is 1. The van der Waals surface area contributed by atoms with E-state index in [-0.39, 0.29) is 6.42 Å². The highest BCUT2D eigenvalue weighted by Gasteiger charge is 2.58. The van der Waals surface area contributed by atoms with Gasteiger partial charge in [0.05, 0.1) is 18.5 Å². The van der Waals surface area contributed by atoms with Gasteiger partial charge in [-0.1, -0.05) is 72.8 Å². The Balaban J connectivity index is 1.46. The van der Waals surface area contributed by atoms with E-state index in [1.807, 2.05) is 47.5 Å². The molecule has 39 heavy (non-hydrogen) atoms. The number of carboxylic acids is 1. The molecule has 7 rings (SSSR count). The van der Waals surface area contributed by atoms with Crippen LogP contribution >= 0.6 is 0 Å². The van der Waals surface area contributed by atoms with Crippen LogP contribution in [0.25, 0.3) is 22.3 Å². The van der Waals surface area contributed by atoms with Crippen molar-refractivity contribution in [2.45, 2.75) is 31.2 Å². The van der Waals surface area contributed by atoms with Crippen molar-refractivity contribution >= 4 is 23.3 Å². The molecule has 0 radical (unpaired) electrons. The van der Waals surface area contributed by atoms with Crippen LogP contribution in [-0.4, -0.2) is 36.2 Å². The van der Waals surface area contributed by atoms with Crippen LogP contribution in [0.1, 0.15) is 35.1 Å². The third-order valence-corrected chi connectivity index (χ3v) is 8.55. The molecule has 0 spiro atoms. The molecule has 1 saturated heterocycles. The van der Waals surface area contributed by atoms with Gasteiger partial charge >= 0.3 is 11.9 Å². The molecule has 1 unspecified atom stereocenters. The molecule has 0 bridgehead atoms. The van der Waals surface area contributed by atoms with Crippen LogP contribution in [0.2, 0.25) is 0 Å². The van der Waals surface area contributed by atoms with Gasteiger partial charge < -0.3 is 9.84 Å². The molecule has 6 heteroatoms. The first-order valence-electron chi connectivity index (χ1n) is 13.3. The second kappa shape index (κ2) is 8.73. The van der Waals surface area contributed by atoms with E-state index in [0.29, 0.717) is 19.4 Å². The summed E-state index contributed by atoms with van der Waals surface area (Å²) in [5.74, 6) is -1.97. The lowest BCUT2D eigenvalue weighted by Crippen LogP contribution is -2.70. The van der Waals surface area contributed by atoms with E-state index in [1.165, 1.54) is 23.8 Å². The minimum atomic E-state index is -1.90. The molecular formula is C33H28N2O4. The highest BCUT2D eigenvalue weighted by molar-refractivity contribution is 6.09. The second-order valence-corrected chi connectivity index (χ2v) is 10.5. The minimum absolute atomic E-state index is 0.150. The molecule has 1 atom stereocenters. The summed E-state index contributed by atoms with van der Waals surface area (Å²) in [5, 5.41) is 14.5. The van der Waals surface area contributed by atoms with Gasteiger partial charge in [0.25, 0.3) is 5.54 Å². The SMILES string of the molecule is COC(=O)C1(C(=O)O)CCCN(c2cccc3c2Cc2ccccc2-3)N1c1cccc2c1Cc1ccccc1-2. The highest BCUT2D eigenvalue weighted by Crippen LogP contribution is 2.48. The number of carbonyl (C=O) groups excluding carboxylic acids is 1. The summed E-state index contributed by atoms with van der Waals surface area (Å²) in [6.07, 6.45) is 2.10. The fourth-order valence-electron chi connectivity index (χ4n) is 6.82. The van der Waals surface area contributed by atoms with Crippen LogP contribution in [0.3, 0.4) is 0 Å². The van der Waals surface area contributed by atoms with Gasteiger partial charge in [0.15, 0.2) is 0 Å². The molecule has 194 valence electrons. The maximum atomic E-state index is 13.6. The van der Waals surface area contributed by atoms with Gasteiger partial charge in [0.1, 0.15) is 0 Å². The minimum Gasteiger partial charge on any atom is -0.479 e. The van der Waals surface area contributed by atoms with Crippen molar-refractivity contribution in [2.75, 3.05) is 23.7 Å². The van der Waals surface area contributed by atoms with Crippen molar-refractivity contribution in [2.24, 2.45) is 0 Å². The van der Waals surface area contributed by atoms with Gasteiger partial charge in [-0.05, 0) is 69.5 Å². The first-order valence-corrected chi connectivity index (χ1v) is 13.3. The fraction of sp³-hybridized carbons (Fsp3) is 0.212. The zero-order valence-electron chi connectivity index (χ0n) is 21.7. The van der Waals surface area contributed by atoms with Crippen LogP contribution < -0.4 is 10.0 Å². The van der Waals surface area contributed by atoms with Crippen molar-refractivity contribution in [1.29, 1.82) is 0 Å². The molecule has 4 aromatic rings. The van der Waals surface area contributed by atoms with E-state index in [0.717, 1.165) is 45.6 Å². The second-order valence-electron chi connectivity index (χ2n) is 10.5. The lowest BCUT2D eigenvalue weighted by Gasteiger charge is -2.51. The molecule has 1 heterocycles. The number of hydrazine groups is 1. The first kappa shape index (κ1) is 23.5. The number of esters is 1. The highest BCUT2D eigenvalue weighted by atomic mass is 16.5. The molecular weight excluding hydrogens is 488 g/mol. The van der Waals surface area contributed by atoms with E-state index in [1.54, 1.807) is 5.01 Å². The van der Waals surface area contributed by atoms with E-state index in [2.05, 4.69) is 42.5 Å². The van der Waals surface area contributed by atoms with Crippen molar-refractivity contribution in [3.8, 4) is 22.3 Å². The summed E-state index contributed by atoms with van der Waals surface area (Å²) in [4.78, 5) is 26.7. The maximum Gasteiger partial charge on any atom is 0.345 e. The van der Waals surface area contributed by atoms with Crippen LogP contribution in [0.5, 0.6) is 0 Å². The smallest absolute Gasteiger partial charge is 0.345 e. The number of aliphatic carboxylic acids is 1. The number of nitrogens with zero attached hydrogens (tertiary/aromatic N) is 2. The van der Waals surface area contributed by atoms with Crippen LogP contribution in [0, 0.1) is 0 Å². The number of methoxy groups -OCH3 is 1. The normalized spacial score (nSPS) is 18.7. The number of rotatable bonds is 4. The molecule has 0 saturated carbocycles. The fourth-order valence-corrected chi connectivity index (χ4v) is 6.82. The lowest BCUT2D eigenvalue weighted by atomic mass is 9.88. The zero-order valence-corrected chi connectivity index (χ0v) is 21.7. The number of anilines is 2. The van der Waals surface area contributed by atoms with Crippen LogP contribution in [0.15, 0.2) is 84.9 Å². The number of hydrogen-bond acceptors (Lipinski definition) is 5. The summed E-state index contributed by atoms with van der Waals surface area (Å²) in [5.41, 5.74) is 8.93. The molecule has 6 nitrogen and oxygen atoms in total. The number of hydrogen-bond donors (Lipinski definition) is 1. The predicted octanol–water partition coefficient (Wildman–Crippen LogP) is 5.85. The Kier molecular flexibility index (Phi) is 5.27. The topological polar surface area (TPSA) is 70.1 Å². The van der Waals surface area contributed by atoms with Gasteiger partial charge in [-0.25, -0.2) is 9.59 Å². The predicted molar refractivity (Wildman–Crippen MR) is 151 cm³/mol. The average Bonchev–Trinajstić information content (AvgIpc) is 3.55. The lowest BCUT2D eigenvalue weighted by molar-refractivity contribution is -0.160. The summed E-state index contributed by atoms with van der Waals surface area (Å²) < 4.78 is 5.23. The number of benzene rings is 4. The van der Waals surface area contributed by atoms with Crippen molar-refractivity contribution in [3.63, 3.8) is 0 Å². The first-order chi connectivity index (χ1) is 19.0. The van der Waals surface area contributed by atoms with E-state index in [9.17, 15) is 14.7 Å². The van der Waals surface area contributed by atoms with Crippen molar-refractivity contribution < 1.29 is 19.4 Å². The number of fused-ring (bicyclic) bond motifs is 6. The molecule has 1 N–H and O–H groups in total. The van der Waals surface area contributed by atoms with Gasteiger partial charge in [0.2, 0.25) is 0 Å². The molecule has 0 aromatic heterocycles. The Morgan fingerprint density at radius 1 is 0.744 bits per heavy atom. The monoisotopic (exact) mass is 516 g/mol. The van der Waals surface area contributed by atoms with Gasteiger partial charge in [-0.3, -0.25) is 10.0 Å². The summed E-state index contributed by atoms with van der Waals surface area (Å²) in [7, 11) is 1.27. The Morgan fingerprint density at radius 3 is 1.87 bits per heavy atom. The standard InChI is InChI=1S/C33H28N2O4/c1-39-32(38)33(31(36)37)17-8-18-34(29-15-6-13-25-23-11-4-2-9-21(23)19-27(25)29)35(33)30-16-7-14-26-24-12-5-3-10-22(24)20-28(26)30/h2-7,9-16H,8,17-20H2,1H3,(H,36,37). The van der Waals surface area contributed by atoms with E-state index < -0.39 is 17.5 Å².